The molecule has 2 aromatic rings. The van der Waals surface area contributed by atoms with Crippen molar-refractivity contribution < 1.29 is 19.0 Å². The van der Waals surface area contributed by atoms with Crippen molar-refractivity contribution >= 4 is 11.9 Å². The Labute approximate surface area is 192 Å². The minimum Gasteiger partial charge on any atom is -0.497 e. The first-order chi connectivity index (χ1) is 15.4. The van der Waals surface area contributed by atoms with E-state index in [0.29, 0.717) is 23.5 Å². The van der Waals surface area contributed by atoms with Gasteiger partial charge in [0, 0.05) is 5.56 Å². The molecule has 170 valence electrons. The van der Waals surface area contributed by atoms with Crippen molar-refractivity contribution in [2.75, 3.05) is 21.3 Å². The van der Waals surface area contributed by atoms with Crippen LogP contribution in [-0.4, -0.2) is 27.1 Å². The predicted molar refractivity (Wildman–Crippen MR) is 132 cm³/mol. The van der Waals surface area contributed by atoms with Crippen LogP contribution in [0.25, 0.3) is 6.08 Å². The standard InChI is InChI=1S/C28H34O4/c1-20(2)8-7-9-21(3)10-16-25-27(31-5)19-17-24(28(25)32-6)26(29)18-13-22-11-14-23(30-4)15-12-22/h8,10-15,17-19H,7,9,16H2,1-6H3/b18-13+,21-10+. The van der Waals surface area contributed by atoms with Gasteiger partial charge in [-0.1, -0.05) is 41.5 Å². The van der Waals surface area contributed by atoms with Crippen LogP contribution in [0.15, 0.2) is 65.8 Å². The second kappa shape index (κ2) is 12.6. The average molecular weight is 435 g/mol. The van der Waals surface area contributed by atoms with Crippen molar-refractivity contribution in [1.82, 2.24) is 0 Å². The van der Waals surface area contributed by atoms with Crippen LogP contribution in [0.4, 0.5) is 0 Å². The highest BCUT2D eigenvalue weighted by Gasteiger charge is 2.18. The Balaban J connectivity index is 2.27. The molecule has 0 amide bonds. The summed E-state index contributed by atoms with van der Waals surface area (Å²) in [5, 5.41) is 0. The molecule has 4 nitrogen and oxygen atoms in total. The second-order valence-electron chi connectivity index (χ2n) is 7.87. The van der Waals surface area contributed by atoms with E-state index in [2.05, 4.69) is 32.9 Å². The van der Waals surface area contributed by atoms with Gasteiger partial charge in [-0.05, 0) is 75.9 Å². The number of rotatable bonds is 11. The van der Waals surface area contributed by atoms with Gasteiger partial charge in [-0.25, -0.2) is 0 Å². The summed E-state index contributed by atoms with van der Waals surface area (Å²) in [6, 6.07) is 11.1. The molecule has 0 saturated carbocycles. The fourth-order valence-electron chi connectivity index (χ4n) is 3.37. The summed E-state index contributed by atoms with van der Waals surface area (Å²) in [5.41, 5.74) is 4.93. The molecule has 2 rings (SSSR count). The molecule has 0 aliphatic rings. The van der Waals surface area contributed by atoms with E-state index in [1.165, 1.54) is 11.1 Å². The van der Waals surface area contributed by atoms with Crippen molar-refractivity contribution in [2.24, 2.45) is 0 Å². The van der Waals surface area contributed by atoms with Gasteiger partial charge in [-0.2, -0.15) is 0 Å². The summed E-state index contributed by atoms with van der Waals surface area (Å²) in [5.74, 6) is 1.93. The van der Waals surface area contributed by atoms with Gasteiger partial charge in [0.05, 0.1) is 26.9 Å². The van der Waals surface area contributed by atoms with Crippen LogP contribution in [0.5, 0.6) is 17.2 Å². The third kappa shape index (κ3) is 7.16. The summed E-state index contributed by atoms with van der Waals surface area (Å²) in [7, 11) is 4.85. The molecule has 0 unspecified atom stereocenters. The molecule has 0 aliphatic heterocycles. The van der Waals surface area contributed by atoms with E-state index in [4.69, 9.17) is 14.2 Å². The molecule has 32 heavy (non-hydrogen) atoms. The molecular formula is C28H34O4. The molecule has 0 N–H and O–H groups in total. The average Bonchev–Trinajstić information content (AvgIpc) is 2.80. The van der Waals surface area contributed by atoms with Crippen LogP contribution in [0.1, 0.15) is 55.1 Å². The Hall–Kier alpha value is -3.27. The van der Waals surface area contributed by atoms with E-state index < -0.39 is 0 Å². The van der Waals surface area contributed by atoms with Crippen LogP contribution in [0.2, 0.25) is 0 Å². The Morgan fingerprint density at radius 3 is 2.19 bits per heavy atom. The molecule has 0 bridgehead atoms. The molecule has 4 heteroatoms. The monoisotopic (exact) mass is 434 g/mol. The SMILES string of the molecule is COc1ccc(/C=C/C(=O)c2ccc(OC)c(C/C=C(\C)CCC=C(C)C)c2OC)cc1. The lowest BCUT2D eigenvalue weighted by molar-refractivity contribution is 0.104. The van der Waals surface area contributed by atoms with E-state index in [9.17, 15) is 4.79 Å². The van der Waals surface area contributed by atoms with Crippen molar-refractivity contribution in [3.8, 4) is 17.2 Å². The molecule has 0 atom stereocenters. The molecule has 0 radical (unpaired) electrons. The van der Waals surface area contributed by atoms with Gasteiger partial charge in [0.1, 0.15) is 17.2 Å². The number of carbonyl (C=O) groups is 1. The van der Waals surface area contributed by atoms with Crippen LogP contribution < -0.4 is 14.2 Å². The van der Waals surface area contributed by atoms with Gasteiger partial charge < -0.3 is 14.2 Å². The Morgan fingerprint density at radius 2 is 1.59 bits per heavy atom. The summed E-state index contributed by atoms with van der Waals surface area (Å²) < 4.78 is 16.4. The number of allylic oxidation sites excluding steroid dienone is 5. The number of ketones is 1. The lowest BCUT2D eigenvalue weighted by atomic mass is 9.99. The lowest BCUT2D eigenvalue weighted by Crippen LogP contribution is -2.04. The van der Waals surface area contributed by atoms with Crippen LogP contribution in [0, 0.1) is 0 Å². The Bertz CT molecular complexity index is 991. The van der Waals surface area contributed by atoms with E-state index in [-0.39, 0.29) is 5.78 Å². The van der Waals surface area contributed by atoms with Gasteiger partial charge in [0.15, 0.2) is 5.78 Å². The first-order valence-corrected chi connectivity index (χ1v) is 10.8. The number of ether oxygens (including phenoxy) is 3. The Morgan fingerprint density at radius 1 is 0.875 bits per heavy atom. The van der Waals surface area contributed by atoms with Crippen LogP contribution in [0.3, 0.4) is 0 Å². The normalized spacial score (nSPS) is 11.4. The lowest BCUT2D eigenvalue weighted by Gasteiger charge is -2.15. The Kier molecular flexibility index (Phi) is 9.80. The van der Waals surface area contributed by atoms with Crippen molar-refractivity contribution in [1.29, 1.82) is 0 Å². The fraction of sp³-hybridized carbons (Fsp3) is 0.321. The smallest absolute Gasteiger partial charge is 0.189 e. The van der Waals surface area contributed by atoms with Gasteiger partial charge in [-0.15, -0.1) is 0 Å². The summed E-state index contributed by atoms with van der Waals surface area (Å²) in [4.78, 5) is 13.0. The quantitative estimate of drug-likeness (QED) is 0.220. The van der Waals surface area contributed by atoms with E-state index in [1.807, 2.05) is 30.3 Å². The number of benzene rings is 2. The minimum atomic E-state index is -0.120. The zero-order valence-electron chi connectivity index (χ0n) is 20.0. The third-order valence-corrected chi connectivity index (χ3v) is 5.20. The number of methoxy groups -OCH3 is 3. The van der Waals surface area contributed by atoms with Crippen molar-refractivity contribution in [2.45, 2.75) is 40.0 Å². The van der Waals surface area contributed by atoms with Crippen LogP contribution in [-0.2, 0) is 6.42 Å². The number of hydrogen-bond donors (Lipinski definition) is 0. The molecule has 0 saturated heterocycles. The largest absolute Gasteiger partial charge is 0.497 e. The van der Waals surface area contributed by atoms with E-state index in [1.54, 1.807) is 39.5 Å². The molecule has 0 fully saturated rings. The summed E-state index contributed by atoms with van der Waals surface area (Å²) >= 11 is 0. The fourth-order valence-corrected chi connectivity index (χ4v) is 3.37. The first kappa shape index (κ1) is 25.0. The predicted octanol–water partition coefficient (Wildman–Crippen LogP) is 6.84. The van der Waals surface area contributed by atoms with Crippen LogP contribution >= 0.6 is 0 Å². The molecule has 0 spiro atoms. The highest BCUT2D eigenvalue weighted by atomic mass is 16.5. The maximum absolute atomic E-state index is 13.0. The van der Waals surface area contributed by atoms with Gasteiger partial charge >= 0.3 is 0 Å². The highest BCUT2D eigenvalue weighted by molar-refractivity contribution is 6.09. The minimum absolute atomic E-state index is 0.120. The molecule has 0 heterocycles. The van der Waals surface area contributed by atoms with Gasteiger partial charge in [0.25, 0.3) is 0 Å². The first-order valence-electron chi connectivity index (χ1n) is 10.8. The topological polar surface area (TPSA) is 44.8 Å². The summed E-state index contributed by atoms with van der Waals surface area (Å²) in [6.45, 7) is 6.35. The maximum atomic E-state index is 13.0. The third-order valence-electron chi connectivity index (χ3n) is 5.20. The van der Waals surface area contributed by atoms with Gasteiger partial charge in [-0.3, -0.25) is 4.79 Å². The zero-order chi connectivity index (χ0) is 23.5. The van der Waals surface area contributed by atoms with Crippen molar-refractivity contribution in [3.05, 3.63) is 82.5 Å². The second-order valence-corrected chi connectivity index (χ2v) is 7.87. The molecular weight excluding hydrogens is 400 g/mol. The summed E-state index contributed by atoms with van der Waals surface area (Å²) in [6.07, 6.45) is 10.4. The molecule has 0 aliphatic carbocycles. The van der Waals surface area contributed by atoms with Gasteiger partial charge in [0.2, 0.25) is 0 Å². The zero-order valence-corrected chi connectivity index (χ0v) is 20.0. The number of hydrogen-bond acceptors (Lipinski definition) is 4. The number of carbonyl (C=O) groups excluding carboxylic acids is 1. The highest BCUT2D eigenvalue weighted by Crippen LogP contribution is 2.34. The van der Waals surface area contributed by atoms with E-state index >= 15 is 0 Å². The maximum Gasteiger partial charge on any atom is 0.189 e. The molecule has 2 aromatic carbocycles. The molecule has 0 aromatic heterocycles. The van der Waals surface area contributed by atoms with Crippen molar-refractivity contribution in [3.63, 3.8) is 0 Å². The van der Waals surface area contributed by atoms with E-state index in [0.717, 1.165) is 29.7 Å².